The second kappa shape index (κ2) is 13.9. The van der Waals surface area contributed by atoms with Gasteiger partial charge in [-0.05, 0) is 81.9 Å². The van der Waals surface area contributed by atoms with Crippen LogP contribution in [0.25, 0.3) is 0 Å². The van der Waals surface area contributed by atoms with Crippen LogP contribution in [0.3, 0.4) is 0 Å². The number of oxime groups is 1. The number of unbranched alkanes of at least 4 members (excludes halogenated alkanes) is 3. The molecular formula is C18H28Br2N4O3. The fraction of sp³-hybridized carbons (Fsp3) is 0.556. The molecule has 1 aromatic carbocycles. The minimum absolute atomic E-state index is 0.0626. The van der Waals surface area contributed by atoms with Gasteiger partial charge < -0.3 is 26.7 Å². The van der Waals surface area contributed by atoms with Crippen molar-refractivity contribution < 1.29 is 14.7 Å². The van der Waals surface area contributed by atoms with Crippen LogP contribution in [0.15, 0.2) is 26.2 Å². The molecule has 0 atom stereocenters. The van der Waals surface area contributed by atoms with Gasteiger partial charge in [-0.2, -0.15) is 0 Å². The van der Waals surface area contributed by atoms with Crippen molar-refractivity contribution in [3.8, 4) is 5.75 Å². The number of halogens is 2. The Kier molecular flexibility index (Phi) is 12.3. The Bertz CT molecular complexity index is 604. The highest BCUT2D eigenvalue weighted by Gasteiger charge is 2.15. The van der Waals surface area contributed by atoms with Crippen LogP contribution in [0.1, 0.15) is 37.7 Å². The van der Waals surface area contributed by atoms with Crippen LogP contribution in [-0.2, 0) is 11.2 Å². The van der Waals surface area contributed by atoms with E-state index in [0.717, 1.165) is 46.6 Å². The smallest absolute Gasteiger partial charge is 0.269 e. The van der Waals surface area contributed by atoms with Crippen molar-refractivity contribution in [1.82, 2.24) is 5.32 Å². The molecule has 0 unspecified atom stereocenters. The molecule has 1 amide bonds. The first kappa shape index (κ1) is 23.9. The van der Waals surface area contributed by atoms with Gasteiger partial charge in [-0.25, -0.2) is 0 Å². The Morgan fingerprint density at radius 2 is 1.70 bits per heavy atom. The summed E-state index contributed by atoms with van der Waals surface area (Å²) in [5.74, 6) is 0.309. The maximum Gasteiger partial charge on any atom is 0.269 e. The second-order valence-electron chi connectivity index (χ2n) is 6.06. The summed E-state index contributed by atoms with van der Waals surface area (Å²) in [6.45, 7) is 2.31. The zero-order valence-electron chi connectivity index (χ0n) is 15.3. The summed E-state index contributed by atoms with van der Waals surface area (Å²) in [7, 11) is 0. The van der Waals surface area contributed by atoms with Crippen LogP contribution in [0.2, 0.25) is 0 Å². The fourth-order valence-electron chi connectivity index (χ4n) is 2.39. The minimum atomic E-state index is -0.369. The molecule has 6 N–H and O–H groups in total. The third kappa shape index (κ3) is 9.05. The van der Waals surface area contributed by atoms with Crippen molar-refractivity contribution >= 4 is 43.5 Å². The van der Waals surface area contributed by atoms with Crippen LogP contribution in [0.5, 0.6) is 5.75 Å². The van der Waals surface area contributed by atoms with Crippen LogP contribution in [-0.4, -0.2) is 43.1 Å². The number of benzene rings is 1. The lowest BCUT2D eigenvalue weighted by atomic mass is 10.1. The molecule has 1 aromatic rings. The number of rotatable bonds is 13. The monoisotopic (exact) mass is 506 g/mol. The van der Waals surface area contributed by atoms with Crippen LogP contribution >= 0.6 is 31.9 Å². The summed E-state index contributed by atoms with van der Waals surface area (Å²) in [6, 6.07) is 3.68. The van der Waals surface area contributed by atoms with E-state index in [2.05, 4.69) is 42.3 Å². The van der Waals surface area contributed by atoms with Gasteiger partial charge in [0.2, 0.25) is 0 Å². The van der Waals surface area contributed by atoms with E-state index in [9.17, 15) is 10.0 Å². The van der Waals surface area contributed by atoms with Gasteiger partial charge in [0.15, 0.2) is 0 Å². The molecule has 0 aliphatic rings. The average molecular weight is 508 g/mol. The summed E-state index contributed by atoms with van der Waals surface area (Å²) >= 11 is 6.95. The van der Waals surface area contributed by atoms with Gasteiger partial charge in [-0.1, -0.05) is 18.0 Å². The highest BCUT2D eigenvalue weighted by atomic mass is 79.9. The molecule has 0 aliphatic heterocycles. The Labute approximate surface area is 177 Å². The molecule has 0 saturated carbocycles. The molecule has 1 rings (SSSR count). The topological polar surface area (TPSA) is 123 Å². The van der Waals surface area contributed by atoms with E-state index < -0.39 is 0 Å². The number of hydrogen-bond acceptors (Lipinski definition) is 6. The standard InChI is InChI=1S/C18H28Br2N4O3/c19-14-10-13(11-15(20)17(14)27-9-5-7-22)12-16(24-26)18(25)23-8-4-2-1-3-6-21/h10-11,26H,1-9,12,21-22H2,(H,23,25)/b24-16+. The van der Waals surface area contributed by atoms with Crippen LogP contribution < -0.4 is 21.5 Å². The van der Waals surface area contributed by atoms with Crippen molar-refractivity contribution in [2.75, 3.05) is 26.2 Å². The Balaban J connectivity index is 2.60. The maximum atomic E-state index is 12.2. The van der Waals surface area contributed by atoms with Gasteiger partial charge in [0.25, 0.3) is 5.91 Å². The first-order valence-electron chi connectivity index (χ1n) is 9.03. The molecule has 9 heteroatoms. The number of ether oxygens (including phenoxy) is 1. The zero-order chi connectivity index (χ0) is 20.1. The van der Waals surface area contributed by atoms with Gasteiger partial charge in [-0.15, -0.1) is 0 Å². The van der Waals surface area contributed by atoms with Gasteiger partial charge in [-0.3, -0.25) is 4.79 Å². The highest BCUT2D eigenvalue weighted by molar-refractivity contribution is 9.11. The molecule has 0 saturated heterocycles. The summed E-state index contributed by atoms with van der Waals surface area (Å²) in [4.78, 5) is 12.2. The summed E-state index contributed by atoms with van der Waals surface area (Å²) < 4.78 is 7.20. The van der Waals surface area contributed by atoms with E-state index in [-0.39, 0.29) is 18.0 Å². The Hall–Kier alpha value is -1.16. The quantitative estimate of drug-likeness (QED) is 0.141. The number of carbonyl (C=O) groups excluding carboxylic acids is 1. The van der Waals surface area contributed by atoms with E-state index in [1.165, 1.54) is 0 Å². The first-order valence-corrected chi connectivity index (χ1v) is 10.6. The van der Waals surface area contributed by atoms with E-state index in [4.69, 9.17) is 16.2 Å². The van der Waals surface area contributed by atoms with Gasteiger partial charge in [0, 0.05) is 13.0 Å². The molecular weight excluding hydrogens is 480 g/mol. The molecule has 0 fully saturated rings. The number of hydrogen-bond donors (Lipinski definition) is 4. The molecule has 0 bridgehead atoms. The zero-order valence-corrected chi connectivity index (χ0v) is 18.5. The maximum absolute atomic E-state index is 12.2. The van der Waals surface area contributed by atoms with E-state index in [1.54, 1.807) is 0 Å². The van der Waals surface area contributed by atoms with Crippen LogP contribution in [0, 0.1) is 0 Å². The number of nitrogens with zero attached hydrogens (tertiary/aromatic N) is 1. The number of nitrogens with one attached hydrogen (secondary N) is 1. The normalized spacial score (nSPS) is 11.5. The first-order chi connectivity index (χ1) is 13.0. The predicted molar refractivity (Wildman–Crippen MR) is 114 cm³/mol. The molecule has 0 radical (unpaired) electrons. The predicted octanol–water partition coefficient (Wildman–Crippen LogP) is 2.95. The lowest BCUT2D eigenvalue weighted by Gasteiger charge is -2.12. The Morgan fingerprint density at radius 3 is 2.30 bits per heavy atom. The molecule has 0 spiro atoms. The van der Waals surface area contributed by atoms with E-state index >= 15 is 0 Å². The number of nitrogens with two attached hydrogens (primary N) is 2. The SMILES string of the molecule is NCCCCCCNC(=O)/C(Cc1cc(Br)c(OCCCN)c(Br)c1)=N/O. The van der Waals surface area contributed by atoms with Crippen LogP contribution in [0.4, 0.5) is 0 Å². The molecule has 7 nitrogen and oxygen atoms in total. The fourth-order valence-corrected chi connectivity index (χ4v) is 3.90. The second-order valence-corrected chi connectivity index (χ2v) is 7.77. The molecule has 0 aromatic heterocycles. The van der Waals surface area contributed by atoms with Gasteiger partial charge in [0.05, 0.1) is 15.6 Å². The van der Waals surface area contributed by atoms with Gasteiger partial charge in [0.1, 0.15) is 11.5 Å². The lowest BCUT2D eigenvalue weighted by Crippen LogP contribution is -2.33. The van der Waals surface area contributed by atoms with Crippen molar-refractivity contribution in [3.05, 3.63) is 26.6 Å². The Morgan fingerprint density at radius 1 is 1.07 bits per heavy atom. The third-order valence-electron chi connectivity index (χ3n) is 3.82. The largest absolute Gasteiger partial charge is 0.491 e. The van der Waals surface area contributed by atoms with E-state index in [1.807, 2.05) is 12.1 Å². The minimum Gasteiger partial charge on any atom is -0.491 e. The molecule has 152 valence electrons. The van der Waals surface area contributed by atoms with Crippen molar-refractivity contribution in [1.29, 1.82) is 0 Å². The van der Waals surface area contributed by atoms with Crippen molar-refractivity contribution in [2.24, 2.45) is 16.6 Å². The summed E-state index contributed by atoms with van der Waals surface area (Å²) in [5, 5.41) is 15.2. The third-order valence-corrected chi connectivity index (χ3v) is 5.00. The van der Waals surface area contributed by atoms with Crippen molar-refractivity contribution in [2.45, 2.75) is 38.5 Å². The van der Waals surface area contributed by atoms with Crippen molar-refractivity contribution in [3.63, 3.8) is 0 Å². The summed E-state index contributed by atoms with van der Waals surface area (Å²) in [5.41, 5.74) is 11.8. The number of carbonyl (C=O) groups is 1. The molecule has 27 heavy (non-hydrogen) atoms. The average Bonchev–Trinajstić information content (AvgIpc) is 2.64. The molecule has 0 heterocycles. The van der Waals surface area contributed by atoms with E-state index in [0.29, 0.717) is 32.0 Å². The van der Waals surface area contributed by atoms with Gasteiger partial charge >= 0.3 is 0 Å². The highest BCUT2D eigenvalue weighted by Crippen LogP contribution is 2.35. The molecule has 0 aliphatic carbocycles. The lowest BCUT2D eigenvalue weighted by molar-refractivity contribution is -0.115. The number of amides is 1. The summed E-state index contributed by atoms with van der Waals surface area (Å²) in [6.07, 6.45) is 4.89.